The van der Waals surface area contributed by atoms with Crippen molar-refractivity contribution < 1.29 is 23.1 Å². The topological polar surface area (TPSA) is 95.0 Å². The Morgan fingerprint density at radius 2 is 1.62 bits per heavy atom. The van der Waals surface area contributed by atoms with Crippen LogP contribution in [0.3, 0.4) is 0 Å². The second-order valence-electron chi connectivity index (χ2n) is 7.07. The van der Waals surface area contributed by atoms with E-state index in [0.717, 1.165) is 5.56 Å². The fourth-order valence-electron chi connectivity index (χ4n) is 3.27. The lowest BCUT2D eigenvalue weighted by Crippen LogP contribution is -2.40. The molecular weight excluding hydrogens is 392 g/mol. The molecule has 2 aromatic rings. The Balaban J connectivity index is 1.62. The number of sulfone groups is 1. The van der Waals surface area contributed by atoms with Gasteiger partial charge in [-0.2, -0.15) is 0 Å². The van der Waals surface area contributed by atoms with E-state index in [1.165, 1.54) is 21.9 Å². The standard InChI is InChI=1S/C21H24N2O5S/c24-18-14-22(13-17-7-3-1-4-8-17)21(26)16-23(15-18)20(25)11-12-29(27,28)19-9-5-2-6-10-19/h1-10,18,24H,11-16H2. The van der Waals surface area contributed by atoms with Gasteiger partial charge < -0.3 is 14.9 Å². The van der Waals surface area contributed by atoms with Crippen molar-refractivity contribution in [2.45, 2.75) is 24.0 Å². The van der Waals surface area contributed by atoms with Crippen LogP contribution in [0.1, 0.15) is 12.0 Å². The van der Waals surface area contributed by atoms with E-state index in [1.807, 2.05) is 30.3 Å². The minimum Gasteiger partial charge on any atom is -0.389 e. The van der Waals surface area contributed by atoms with Crippen LogP contribution in [0.15, 0.2) is 65.6 Å². The van der Waals surface area contributed by atoms with E-state index in [4.69, 9.17) is 0 Å². The lowest BCUT2D eigenvalue weighted by Gasteiger charge is -2.22. The van der Waals surface area contributed by atoms with Gasteiger partial charge in [0.15, 0.2) is 9.84 Å². The number of aliphatic hydroxyl groups excluding tert-OH is 1. The summed E-state index contributed by atoms with van der Waals surface area (Å²) in [6.07, 6.45) is -1.13. The molecule has 0 aliphatic carbocycles. The van der Waals surface area contributed by atoms with E-state index in [0.29, 0.717) is 6.54 Å². The molecule has 1 fully saturated rings. The SMILES string of the molecule is O=C(CCS(=O)(=O)c1ccccc1)N1CC(=O)N(Cc2ccccc2)CC(O)C1. The molecule has 0 aromatic heterocycles. The number of β-amino-alcohol motifs (C(OH)–C–C–N with tert-alkyl or cyclic N) is 1. The summed E-state index contributed by atoms with van der Waals surface area (Å²) in [7, 11) is -3.59. The van der Waals surface area contributed by atoms with E-state index in [9.17, 15) is 23.1 Å². The molecular formula is C21H24N2O5S. The number of rotatable bonds is 6. The maximum absolute atomic E-state index is 12.6. The van der Waals surface area contributed by atoms with Crippen LogP contribution in [0.4, 0.5) is 0 Å². The monoisotopic (exact) mass is 416 g/mol. The van der Waals surface area contributed by atoms with Crippen LogP contribution in [-0.4, -0.2) is 66.6 Å². The molecule has 2 amide bonds. The third kappa shape index (κ3) is 5.65. The summed E-state index contributed by atoms with van der Waals surface area (Å²) in [6, 6.07) is 17.3. The summed E-state index contributed by atoms with van der Waals surface area (Å²) in [6.45, 7) is 0.302. The van der Waals surface area contributed by atoms with Crippen molar-refractivity contribution >= 4 is 21.7 Å². The van der Waals surface area contributed by atoms with Crippen molar-refractivity contribution in [1.82, 2.24) is 9.80 Å². The Kier molecular flexibility index (Phi) is 6.66. The molecule has 0 radical (unpaired) electrons. The number of hydrogen-bond acceptors (Lipinski definition) is 5. The van der Waals surface area contributed by atoms with Crippen molar-refractivity contribution in [2.24, 2.45) is 0 Å². The minimum absolute atomic E-state index is 0.00124. The molecule has 29 heavy (non-hydrogen) atoms. The molecule has 2 aromatic carbocycles. The predicted molar refractivity (Wildman–Crippen MR) is 108 cm³/mol. The van der Waals surface area contributed by atoms with Crippen LogP contribution in [0.25, 0.3) is 0 Å². The first kappa shape index (κ1) is 21.0. The minimum atomic E-state index is -3.59. The first-order valence-electron chi connectivity index (χ1n) is 9.40. The molecule has 3 rings (SSSR count). The number of hydrogen-bond donors (Lipinski definition) is 1. The van der Waals surface area contributed by atoms with Crippen LogP contribution in [0, 0.1) is 0 Å². The second-order valence-corrected chi connectivity index (χ2v) is 9.18. The van der Waals surface area contributed by atoms with Crippen LogP contribution in [0.2, 0.25) is 0 Å². The fraction of sp³-hybridized carbons (Fsp3) is 0.333. The van der Waals surface area contributed by atoms with Gasteiger partial charge in [0.25, 0.3) is 0 Å². The van der Waals surface area contributed by atoms with Crippen molar-refractivity contribution in [1.29, 1.82) is 0 Å². The molecule has 1 unspecified atom stereocenters. The Morgan fingerprint density at radius 3 is 2.28 bits per heavy atom. The number of aliphatic hydroxyl groups is 1. The van der Waals surface area contributed by atoms with Crippen molar-refractivity contribution in [3.05, 3.63) is 66.2 Å². The van der Waals surface area contributed by atoms with Gasteiger partial charge in [0.2, 0.25) is 11.8 Å². The van der Waals surface area contributed by atoms with E-state index in [1.54, 1.807) is 18.2 Å². The Hall–Kier alpha value is -2.71. The lowest BCUT2D eigenvalue weighted by molar-refractivity contribution is -0.138. The number of benzene rings is 2. The number of carbonyl (C=O) groups is 2. The molecule has 0 saturated carbocycles. The fourth-order valence-corrected chi connectivity index (χ4v) is 4.52. The van der Waals surface area contributed by atoms with Crippen LogP contribution in [-0.2, 0) is 26.0 Å². The Morgan fingerprint density at radius 1 is 1.00 bits per heavy atom. The maximum atomic E-state index is 12.6. The quantitative estimate of drug-likeness (QED) is 0.761. The van der Waals surface area contributed by atoms with Crippen LogP contribution in [0.5, 0.6) is 0 Å². The van der Waals surface area contributed by atoms with Gasteiger partial charge in [0.1, 0.15) is 0 Å². The maximum Gasteiger partial charge on any atom is 0.242 e. The summed E-state index contributed by atoms with van der Waals surface area (Å²) in [5, 5.41) is 10.3. The highest BCUT2D eigenvalue weighted by molar-refractivity contribution is 7.91. The van der Waals surface area contributed by atoms with Crippen molar-refractivity contribution in [2.75, 3.05) is 25.4 Å². The molecule has 1 aliphatic rings. The van der Waals surface area contributed by atoms with Gasteiger partial charge in [-0.25, -0.2) is 8.42 Å². The van der Waals surface area contributed by atoms with Gasteiger partial charge in [0.05, 0.1) is 23.3 Å². The molecule has 7 nitrogen and oxygen atoms in total. The zero-order chi connectivity index (χ0) is 20.9. The Bertz CT molecular complexity index is 948. The van der Waals surface area contributed by atoms with Crippen LogP contribution < -0.4 is 0 Å². The molecule has 154 valence electrons. The summed E-state index contributed by atoms with van der Waals surface area (Å²) < 4.78 is 24.8. The molecule has 0 spiro atoms. The molecule has 0 bridgehead atoms. The molecule has 1 saturated heterocycles. The van der Waals surface area contributed by atoms with Gasteiger partial charge in [-0.3, -0.25) is 9.59 Å². The van der Waals surface area contributed by atoms with Gasteiger partial charge in [0, 0.05) is 26.1 Å². The van der Waals surface area contributed by atoms with E-state index < -0.39 is 21.8 Å². The van der Waals surface area contributed by atoms with E-state index in [2.05, 4.69) is 0 Å². The highest BCUT2D eigenvalue weighted by Crippen LogP contribution is 2.14. The number of carbonyl (C=O) groups excluding carboxylic acids is 2. The summed E-state index contributed by atoms with van der Waals surface area (Å²) in [5.41, 5.74) is 0.932. The molecule has 1 atom stereocenters. The third-order valence-corrected chi connectivity index (χ3v) is 6.53. The average molecular weight is 416 g/mol. The zero-order valence-corrected chi connectivity index (χ0v) is 16.8. The van der Waals surface area contributed by atoms with E-state index in [-0.39, 0.29) is 42.6 Å². The predicted octanol–water partition coefficient (Wildman–Crippen LogP) is 1.08. The highest BCUT2D eigenvalue weighted by atomic mass is 32.2. The lowest BCUT2D eigenvalue weighted by atomic mass is 10.2. The molecule has 1 heterocycles. The molecule has 8 heteroatoms. The summed E-state index contributed by atoms with van der Waals surface area (Å²) in [4.78, 5) is 28.1. The Labute approximate surface area is 170 Å². The average Bonchev–Trinajstić information content (AvgIpc) is 2.86. The zero-order valence-electron chi connectivity index (χ0n) is 16.0. The van der Waals surface area contributed by atoms with Gasteiger partial charge >= 0.3 is 0 Å². The smallest absolute Gasteiger partial charge is 0.242 e. The van der Waals surface area contributed by atoms with Gasteiger partial charge in [-0.15, -0.1) is 0 Å². The first-order chi connectivity index (χ1) is 13.8. The van der Waals surface area contributed by atoms with E-state index >= 15 is 0 Å². The number of nitrogens with zero attached hydrogens (tertiary/aromatic N) is 2. The number of amides is 2. The molecule has 1 N–H and O–H groups in total. The van der Waals surface area contributed by atoms with Crippen LogP contribution >= 0.6 is 0 Å². The largest absolute Gasteiger partial charge is 0.389 e. The highest BCUT2D eigenvalue weighted by Gasteiger charge is 2.30. The second kappa shape index (κ2) is 9.19. The van der Waals surface area contributed by atoms with Crippen molar-refractivity contribution in [3.8, 4) is 0 Å². The molecule has 1 aliphatic heterocycles. The summed E-state index contributed by atoms with van der Waals surface area (Å²) in [5.74, 6) is -1.08. The van der Waals surface area contributed by atoms with Gasteiger partial charge in [-0.05, 0) is 17.7 Å². The summed E-state index contributed by atoms with van der Waals surface area (Å²) >= 11 is 0. The van der Waals surface area contributed by atoms with Gasteiger partial charge in [-0.1, -0.05) is 48.5 Å². The third-order valence-electron chi connectivity index (χ3n) is 4.80. The first-order valence-corrected chi connectivity index (χ1v) is 11.1. The van der Waals surface area contributed by atoms with Crippen molar-refractivity contribution in [3.63, 3.8) is 0 Å². The normalized spacial score (nSPS) is 17.8.